The van der Waals surface area contributed by atoms with Gasteiger partial charge in [-0.15, -0.1) is 0 Å². The lowest BCUT2D eigenvalue weighted by Gasteiger charge is -1.72. The molecule has 0 rings (SSSR count). The molecule has 0 aliphatic heterocycles. The van der Waals surface area contributed by atoms with Crippen molar-refractivity contribution < 1.29 is 0 Å². The highest BCUT2D eigenvalue weighted by Gasteiger charge is 1.76. The predicted octanol–water partition coefficient (Wildman–Crippen LogP) is 3.02. The molecule has 0 radical (unpaired) electrons. The SMILES string of the molecule is CCCC.C[SiH](C)Cl. The van der Waals surface area contributed by atoms with Gasteiger partial charge in [-0.05, 0) is 0 Å². The standard InChI is InChI=1S/C4H10.C2H7ClSi/c1-3-4-2;1-4(2)3/h3-4H2,1-2H3;4H,1-2H3. The Labute approximate surface area is 59.6 Å². The van der Waals surface area contributed by atoms with Gasteiger partial charge in [-0.1, -0.05) is 39.8 Å². The maximum Gasteiger partial charge on any atom is 0.134 e. The van der Waals surface area contributed by atoms with E-state index in [4.69, 9.17) is 11.1 Å². The summed E-state index contributed by atoms with van der Waals surface area (Å²) < 4.78 is 0. The molecule has 0 aromatic carbocycles. The summed E-state index contributed by atoms with van der Waals surface area (Å²) >= 11 is 5.41. The van der Waals surface area contributed by atoms with Gasteiger partial charge in [0.15, 0.2) is 0 Å². The second kappa shape index (κ2) is 10.5. The van der Waals surface area contributed by atoms with Crippen molar-refractivity contribution in [2.45, 2.75) is 39.8 Å². The minimum absolute atomic E-state index is 0.667. The van der Waals surface area contributed by atoms with E-state index in [0.717, 1.165) is 0 Å². The Morgan fingerprint density at radius 3 is 1.25 bits per heavy atom. The van der Waals surface area contributed by atoms with E-state index in [-0.39, 0.29) is 0 Å². The second-order valence-corrected chi connectivity index (χ2v) is 6.66. The molecule has 2 heteroatoms. The molecular formula is C6H17ClSi. The molecule has 0 amide bonds. The lowest BCUT2D eigenvalue weighted by atomic mass is 10.4. The molecule has 8 heavy (non-hydrogen) atoms. The van der Waals surface area contributed by atoms with Crippen LogP contribution in [0.25, 0.3) is 0 Å². The van der Waals surface area contributed by atoms with Gasteiger partial charge in [0, 0.05) is 0 Å². The minimum Gasteiger partial charge on any atom is -0.172 e. The third-order valence-electron chi connectivity index (χ3n) is 0.500. The van der Waals surface area contributed by atoms with Gasteiger partial charge in [-0.25, -0.2) is 0 Å². The van der Waals surface area contributed by atoms with Crippen molar-refractivity contribution in [1.82, 2.24) is 0 Å². The highest BCUT2D eigenvalue weighted by Crippen LogP contribution is 1.79. The summed E-state index contributed by atoms with van der Waals surface area (Å²) in [5, 5.41) is 0. The zero-order chi connectivity index (χ0) is 6.99. The Bertz CT molecular complexity index is 25.0. The first-order valence-electron chi connectivity index (χ1n) is 3.29. The van der Waals surface area contributed by atoms with Crippen LogP contribution in [0.2, 0.25) is 13.1 Å². The van der Waals surface area contributed by atoms with Gasteiger partial charge in [-0.3, -0.25) is 0 Å². The molecule has 0 aromatic heterocycles. The van der Waals surface area contributed by atoms with E-state index >= 15 is 0 Å². The molecule has 0 N–H and O–H groups in total. The van der Waals surface area contributed by atoms with Crippen LogP contribution in [0.3, 0.4) is 0 Å². The second-order valence-electron chi connectivity index (χ2n) is 2.01. The lowest BCUT2D eigenvalue weighted by Crippen LogP contribution is -1.78. The summed E-state index contributed by atoms with van der Waals surface area (Å²) in [6.45, 7) is 8.50. The first kappa shape index (κ1) is 11.3. The fraction of sp³-hybridized carbons (Fsp3) is 1.00. The highest BCUT2D eigenvalue weighted by molar-refractivity contribution is 7.05. The summed E-state index contributed by atoms with van der Waals surface area (Å²) in [4.78, 5) is 0. The Morgan fingerprint density at radius 1 is 1.12 bits per heavy atom. The third-order valence-corrected chi connectivity index (χ3v) is 0.500. The zero-order valence-corrected chi connectivity index (χ0v) is 8.28. The van der Waals surface area contributed by atoms with Gasteiger partial charge >= 0.3 is 0 Å². The van der Waals surface area contributed by atoms with Crippen LogP contribution in [0.15, 0.2) is 0 Å². The van der Waals surface area contributed by atoms with Gasteiger partial charge in [0.25, 0.3) is 0 Å². The quantitative estimate of drug-likeness (QED) is 0.401. The number of hydrogen-bond acceptors (Lipinski definition) is 0. The molecule has 0 spiro atoms. The molecule has 0 aliphatic rings. The smallest absolute Gasteiger partial charge is 0.134 e. The van der Waals surface area contributed by atoms with Crippen molar-refractivity contribution in [1.29, 1.82) is 0 Å². The monoisotopic (exact) mass is 152 g/mol. The third kappa shape index (κ3) is 86.9. The van der Waals surface area contributed by atoms with Crippen molar-refractivity contribution >= 4 is 19.2 Å². The van der Waals surface area contributed by atoms with Crippen LogP contribution in [0, 0.1) is 0 Å². The molecular weight excluding hydrogens is 136 g/mol. The molecule has 0 saturated carbocycles. The molecule has 0 heterocycles. The summed E-state index contributed by atoms with van der Waals surface area (Å²) in [7, 11) is -0.667. The maximum absolute atomic E-state index is 5.41. The number of hydrogen-bond donors (Lipinski definition) is 0. The van der Waals surface area contributed by atoms with E-state index in [2.05, 4.69) is 26.9 Å². The fourth-order valence-electron chi connectivity index (χ4n) is 0. The van der Waals surface area contributed by atoms with Crippen LogP contribution in [0.1, 0.15) is 26.7 Å². The summed E-state index contributed by atoms with van der Waals surface area (Å²) in [6, 6.07) is 0. The number of halogens is 1. The van der Waals surface area contributed by atoms with E-state index in [1.165, 1.54) is 12.8 Å². The van der Waals surface area contributed by atoms with E-state index in [1.54, 1.807) is 0 Å². The van der Waals surface area contributed by atoms with Crippen molar-refractivity contribution in [2.24, 2.45) is 0 Å². The fourth-order valence-corrected chi connectivity index (χ4v) is 0. The van der Waals surface area contributed by atoms with Gasteiger partial charge in [0.05, 0.1) is 0 Å². The van der Waals surface area contributed by atoms with Crippen LogP contribution in [-0.2, 0) is 0 Å². The van der Waals surface area contributed by atoms with Crippen molar-refractivity contribution in [2.75, 3.05) is 0 Å². The average Bonchev–Trinajstić information content (AvgIpc) is 1.65. The molecule has 0 nitrogen and oxygen atoms in total. The average molecular weight is 153 g/mol. The molecule has 52 valence electrons. The van der Waals surface area contributed by atoms with Crippen molar-refractivity contribution in [3.63, 3.8) is 0 Å². The van der Waals surface area contributed by atoms with Crippen LogP contribution in [0.4, 0.5) is 0 Å². The van der Waals surface area contributed by atoms with Gasteiger partial charge < -0.3 is 0 Å². The normalized spacial score (nSPS) is 8.25. The highest BCUT2D eigenvalue weighted by atomic mass is 35.6. The Morgan fingerprint density at radius 2 is 1.25 bits per heavy atom. The first-order valence-corrected chi connectivity index (χ1v) is 7.34. The molecule has 0 aliphatic carbocycles. The van der Waals surface area contributed by atoms with Crippen LogP contribution in [0.5, 0.6) is 0 Å². The Hall–Kier alpha value is 0.507. The van der Waals surface area contributed by atoms with Crippen LogP contribution >= 0.6 is 11.1 Å². The van der Waals surface area contributed by atoms with Crippen molar-refractivity contribution in [3.05, 3.63) is 0 Å². The lowest BCUT2D eigenvalue weighted by molar-refractivity contribution is 0.886. The van der Waals surface area contributed by atoms with Crippen LogP contribution < -0.4 is 0 Å². The van der Waals surface area contributed by atoms with Gasteiger partial charge in [0.2, 0.25) is 0 Å². The van der Waals surface area contributed by atoms with Gasteiger partial charge in [-0.2, -0.15) is 11.1 Å². The number of unbranched alkanes of at least 4 members (excludes halogenated alkanes) is 1. The van der Waals surface area contributed by atoms with Crippen LogP contribution in [-0.4, -0.2) is 8.11 Å². The summed E-state index contributed by atoms with van der Waals surface area (Å²) in [5.74, 6) is 0. The molecule has 0 fully saturated rings. The zero-order valence-electron chi connectivity index (χ0n) is 6.37. The van der Waals surface area contributed by atoms with E-state index in [9.17, 15) is 0 Å². The summed E-state index contributed by atoms with van der Waals surface area (Å²) in [5.41, 5.74) is 0. The van der Waals surface area contributed by atoms with Crippen molar-refractivity contribution in [3.8, 4) is 0 Å². The van der Waals surface area contributed by atoms with E-state index in [0.29, 0.717) is 0 Å². The molecule has 0 saturated heterocycles. The van der Waals surface area contributed by atoms with Gasteiger partial charge in [0.1, 0.15) is 8.11 Å². The molecule has 0 aromatic rings. The first-order chi connectivity index (χ1) is 3.65. The van der Waals surface area contributed by atoms with E-state index < -0.39 is 8.11 Å². The topological polar surface area (TPSA) is 0 Å². The number of rotatable bonds is 1. The maximum atomic E-state index is 5.41. The summed E-state index contributed by atoms with van der Waals surface area (Å²) in [6.07, 6.45) is 2.64. The Kier molecular flexibility index (Phi) is 14.8. The minimum atomic E-state index is -0.667. The molecule has 0 bridgehead atoms. The Balaban J connectivity index is 0. The van der Waals surface area contributed by atoms with E-state index in [1.807, 2.05) is 0 Å². The largest absolute Gasteiger partial charge is 0.172 e. The predicted molar refractivity (Wildman–Crippen MR) is 45.3 cm³/mol. The molecule has 0 atom stereocenters. The molecule has 0 unspecified atom stereocenters.